The lowest BCUT2D eigenvalue weighted by molar-refractivity contribution is 0.0602. The van der Waals surface area contributed by atoms with Crippen molar-refractivity contribution >= 4 is 40.5 Å². The van der Waals surface area contributed by atoms with Crippen LogP contribution in [0, 0.1) is 6.92 Å². The van der Waals surface area contributed by atoms with E-state index in [2.05, 4.69) is 15.6 Å². The summed E-state index contributed by atoms with van der Waals surface area (Å²) in [7, 11) is 1.29. The highest BCUT2D eigenvalue weighted by Crippen LogP contribution is 2.24. The largest absolute Gasteiger partial charge is 0.465 e. The summed E-state index contributed by atoms with van der Waals surface area (Å²) in [6.07, 6.45) is 1.54. The first-order chi connectivity index (χ1) is 13.5. The second-order valence-corrected chi connectivity index (χ2v) is 6.44. The number of hydrogen-bond acceptors (Lipinski definition) is 5. The molecule has 0 atom stereocenters. The Hall–Kier alpha value is -3.38. The minimum absolute atomic E-state index is 0.205. The average Bonchev–Trinajstić information content (AvgIpc) is 2.70. The molecule has 0 saturated heterocycles. The molecule has 3 aromatic rings. The number of pyridine rings is 1. The Bertz CT molecular complexity index is 1040. The third-order valence-electron chi connectivity index (χ3n) is 4.04. The normalized spacial score (nSPS) is 10.2. The Balaban J connectivity index is 1.81. The molecule has 1 aromatic heterocycles. The van der Waals surface area contributed by atoms with E-state index in [1.807, 2.05) is 19.1 Å². The van der Waals surface area contributed by atoms with Gasteiger partial charge in [-0.05, 0) is 55.0 Å². The van der Waals surface area contributed by atoms with Crippen molar-refractivity contribution in [2.24, 2.45) is 0 Å². The third kappa shape index (κ3) is 4.47. The molecule has 0 aliphatic heterocycles. The van der Waals surface area contributed by atoms with Gasteiger partial charge in [0.25, 0.3) is 5.91 Å². The van der Waals surface area contributed by atoms with Crippen molar-refractivity contribution in [3.05, 3.63) is 82.6 Å². The van der Waals surface area contributed by atoms with E-state index in [1.54, 1.807) is 42.5 Å². The molecule has 0 saturated carbocycles. The monoisotopic (exact) mass is 395 g/mol. The molecule has 2 aromatic carbocycles. The van der Waals surface area contributed by atoms with Crippen LogP contribution >= 0.6 is 11.6 Å². The van der Waals surface area contributed by atoms with Crippen molar-refractivity contribution in [3.8, 4) is 0 Å². The van der Waals surface area contributed by atoms with Crippen LogP contribution in [0.3, 0.4) is 0 Å². The molecule has 0 fully saturated rings. The van der Waals surface area contributed by atoms with Gasteiger partial charge in [0, 0.05) is 22.6 Å². The molecule has 0 spiro atoms. The number of para-hydroxylation sites is 1. The Kier molecular flexibility index (Phi) is 5.91. The number of rotatable bonds is 5. The summed E-state index contributed by atoms with van der Waals surface area (Å²) in [4.78, 5) is 28.6. The number of benzene rings is 2. The van der Waals surface area contributed by atoms with Gasteiger partial charge in [-0.1, -0.05) is 23.7 Å². The van der Waals surface area contributed by atoms with Crippen LogP contribution in [0.5, 0.6) is 0 Å². The fourth-order valence-electron chi connectivity index (χ4n) is 2.62. The smallest absolute Gasteiger partial charge is 0.339 e. The van der Waals surface area contributed by atoms with Gasteiger partial charge < -0.3 is 15.4 Å². The number of carbonyl (C=O) groups is 2. The lowest BCUT2D eigenvalue weighted by atomic mass is 10.1. The van der Waals surface area contributed by atoms with Gasteiger partial charge in [-0.2, -0.15) is 0 Å². The SMILES string of the molecule is COC(=O)c1ccccc1NC(=O)c1cc(Nc2ccc(Cl)cc2C)ccn1. The van der Waals surface area contributed by atoms with Gasteiger partial charge in [0.05, 0.1) is 18.4 Å². The standard InChI is InChI=1S/C21H18ClN3O3/c1-13-11-14(22)7-8-17(13)24-15-9-10-23-19(12-15)20(26)25-18-6-4-3-5-16(18)21(27)28-2/h3-12H,1-2H3,(H,23,24)(H,25,26). The van der Waals surface area contributed by atoms with Gasteiger partial charge in [0.2, 0.25) is 0 Å². The molecular weight excluding hydrogens is 378 g/mol. The van der Waals surface area contributed by atoms with Gasteiger partial charge in [-0.25, -0.2) is 4.79 Å². The molecule has 28 heavy (non-hydrogen) atoms. The zero-order valence-electron chi connectivity index (χ0n) is 15.3. The molecule has 3 rings (SSSR count). The van der Waals surface area contributed by atoms with Crippen LogP contribution in [0.4, 0.5) is 17.1 Å². The fourth-order valence-corrected chi connectivity index (χ4v) is 2.85. The number of esters is 1. The topological polar surface area (TPSA) is 80.3 Å². The van der Waals surface area contributed by atoms with Crippen molar-refractivity contribution in [1.82, 2.24) is 4.98 Å². The van der Waals surface area contributed by atoms with E-state index in [9.17, 15) is 9.59 Å². The Morgan fingerprint density at radius 1 is 1.04 bits per heavy atom. The highest BCUT2D eigenvalue weighted by Gasteiger charge is 2.15. The number of aromatic nitrogens is 1. The van der Waals surface area contributed by atoms with E-state index in [0.717, 1.165) is 11.3 Å². The number of amides is 1. The average molecular weight is 396 g/mol. The molecule has 6 nitrogen and oxygen atoms in total. The zero-order valence-corrected chi connectivity index (χ0v) is 16.1. The molecule has 2 N–H and O–H groups in total. The minimum atomic E-state index is -0.530. The zero-order chi connectivity index (χ0) is 20.1. The van der Waals surface area contributed by atoms with Crippen molar-refractivity contribution in [1.29, 1.82) is 0 Å². The van der Waals surface area contributed by atoms with Crippen molar-refractivity contribution in [2.45, 2.75) is 6.92 Å². The number of carbonyl (C=O) groups excluding carboxylic acids is 2. The van der Waals surface area contributed by atoms with E-state index < -0.39 is 11.9 Å². The number of aryl methyl sites for hydroxylation is 1. The number of halogens is 1. The predicted molar refractivity (Wildman–Crippen MR) is 109 cm³/mol. The molecular formula is C21H18ClN3O3. The quantitative estimate of drug-likeness (QED) is 0.605. The van der Waals surface area contributed by atoms with Gasteiger partial charge in [0.1, 0.15) is 5.69 Å². The molecule has 0 bridgehead atoms. The first-order valence-electron chi connectivity index (χ1n) is 8.46. The molecule has 142 valence electrons. The summed E-state index contributed by atoms with van der Waals surface area (Å²) in [5.74, 6) is -0.967. The van der Waals surface area contributed by atoms with Gasteiger partial charge in [-0.15, -0.1) is 0 Å². The Labute approximate surface area is 167 Å². The van der Waals surface area contributed by atoms with Crippen LogP contribution < -0.4 is 10.6 Å². The Morgan fingerprint density at radius 3 is 2.57 bits per heavy atom. The first kappa shape index (κ1) is 19.4. The van der Waals surface area contributed by atoms with Crippen LogP contribution in [0.25, 0.3) is 0 Å². The van der Waals surface area contributed by atoms with E-state index in [1.165, 1.54) is 13.3 Å². The summed E-state index contributed by atoms with van der Waals surface area (Å²) in [5, 5.41) is 6.60. The molecule has 7 heteroatoms. The minimum Gasteiger partial charge on any atom is -0.465 e. The predicted octanol–water partition coefficient (Wildman–Crippen LogP) is 4.83. The van der Waals surface area contributed by atoms with Gasteiger partial charge >= 0.3 is 5.97 Å². The number of nitrogens with zero attached hydrogens (tertiary/aromatic N) is 1. The highest BCUT2D eigenvalue weighted by molar-refractivity contribution is 6.30. The molecule has 0 unspecified atom stereocenters. The summed E-state index contributed by atoms with van der Waals surface area (Å²) in [5.41, 5.74) is 3.38. The van der Waals surface area contributed by atoms with Crippen LogP contribution in [-0.4, -0.2) is 24.0 Å². The second kappa shape index (κ2) is 8.54. The molecule has 0 radical (unpaired) electrons. The maximum Gasteiger partial charge on any atom is 0.339 e. The summed E-state index contributed by atoms with van der Waals surface area (Å²) >= 11 is 5.99. The highest BCUT2D eigenvalue weighted by atomic mass is 35.5. The molecule has 0 aliphatic rings. The van der Waals surface area contributed by atoms with E-state index in [0.29, 0.717) is 16.4 Å². The van der Waals surface area contributed by atoms with Crippen LogP contribution in [0.2, 0.25) is 5.02 Å². The van der Waals surface area contributed by atoms with E-state index in [4.69, 9.17) is 16.3 Å². The van der Waals surface area contributed by atoms with Crippen LogP contribution in [-0.2, 0) is 4.74 Å². The van der Waals surface area contributed by atoms with E-state index in [-0.39, 0.29) is 11.3 Å². The maximum atomic E-state index is 12.6. The molecule has 1 heterocycles. The van der Waals surface area contributed by atoms with Crippen molar-refractivity contribution < 1.29 is 14.3 Å². The summed E-state index contributed by atoms with van der Waals surface area (Å²) < 4.78 is 4.74. The van der Waals surface area contributed by atoms with Crippen molar-refractivity contribution in [3.63, 3.8) is 0 Å². The number of hydrogen-bond donors (Lipinski definition) is 2. The molecule has 1 amide bonds. The Morgan fingerprint density at radius 2 is 1.82 bits per heavy atom. The van der Waals surface area contributed by atoms with E-state index >= 15 is 0 Å². The lowest BCUT2D eigenvalue weighted by Crippen LogP contribution is -2.16. The molecule has 0 aliphatic carbocycles. The lowest BCUT2D eigenvalue weighted by Gasteiger charge is -2.12. The summed E-state index contributed by atoms with van der Waals surface area (Å²) in [6.45, 7) is 1.94. The first-order valence-corrected chi connectivity index (χ1v) is 8.83. The maximum absolute atomic E-state index is 12.6. The fraction of sp³-hybridized carbons (Fsp3) is 0.0952. The van der Waals surface area contributed by atoms with Gasteiger partial charge in [-0.3, -0.25) is 9.78 Å². The second-order valence-electron chi connectivity index (χ2n) is 6.01. The van der Waals surface area contributed by atoms with Crippen LogP contribution in [0.15, 0.2) is 60.8 Å². The van der Waals surface area contributed by atoms with Gasteiger partial charge in [0.15, 0.2) is 0 Å². The third-order valence-corrected chi connectivity index (χ3v) is 4.28. The number of methoxy groups -OCH3 is 1. The summed E-state index contributed by atoms with van der Waals surface area (Å²) in [6, 6.07) is 15.5. The van der Waals surface area contributed by atoms with Crippen molar-refractivity contribution in [2.75, 3.05) is 17.7 Å². The number of nitrogens with one attached hydrogen (secondary N) is 2. The van der Waals surface area contributed by atoms with Crippen LogP contribution in [0.1, 0.15) is 26.4 Å². The number of anilines is 3. The number of ether oxygens (including phenoxy) is 1.